The van der Waals surface area contributed by atoms with Gasteiger partial charge in [-0.25, -0.2) is 13.2 Å². The summed E-state index contributed by atoms with van der Waals surface area (Å²) in [4.78, 5) is 24.2. The average Bonchev–Trinajstić information content (AvgIpc) is 3.10. The molecule has 3 aromatic rings. The number of benzene rings is 2. The summed E-state index contributed by atoms with van der Waals surface area (Å²) in [6.45, 7) is 1.21. The van der Waals surface area contributed by atoms with Crippen molar-refractivity contribution in [2.45, 2.75) is 17.9 Å². The second-order valence-corrected chi connectivity index (χ2v) is 8.30. The van der Waals surface area contributed by atoms with Crippen LogP contribution in [-0.4, -0.2) is 33.2 Å². The molecule has 8 heteroatoms. The molecule has 0 saturated heterocycles. The minimum atomic E-state index is -3.60. The highest BCUT2D eigenvalue weighted by atomic mass is 32.2. The summed E-state index contributed by atoms with van der Waals surface area (Å²) in [6, 6.07) is 14.6. The van der Waals surface area contributed by atoms with Crippen LogP contribution in [0.5, 0.6) is 0 Å². The quantitative estimate of drug-likeness (QED) is 0.637. The fourth-order valence-corrected chi connectivity index (χ4v) is 3.61. The molecule has 1 N–H and O–H groups in total. The number of hydrogen-bond acceptors (Lipinski definition) is 6. The molecular formula is C20H19NO6S. The van der Waals surface area contributed by atoms with Gasteiger partial charge in [-0.3, -0.25) is 4.79 Å². The smallest absolute Gasteiger partial charge is 0.339 e. The summed E-state index contributed by atoms with van der Waals surface area (Å²) in [6.07, 6.45) is 1.00. The van der Waals surface area contributed by atoms with Gasteiger partial charge in [0.25, 0.3) is 5.91 Å². The maximum Gasteiger partial charge on any atom is 0.339 e. The van der Waals surface area contributed by atoms with Gasteiger partial charge in [-0.1, -0.05) is 30.3 Å². The molecule has 1 heterocycles. The van der Waals surface area contributed by atoms with Gasteiger partial charge in [-0.2, -0.15) is 0 Å². The number of nitrogens with one attached hydrogen (secondary N) is 1. The Labute approximate surface area is 162 Å². The molecule has 146 valence electrons. The van der Waals surface area contributed by atoms with Crippen LogP contribution < -0.4 is 5.32 Å². The number of fused-ring (bicyclic) bond motifs is 1. The van der Waals surface area contributed by atoms with Gasteiger partial charge >= 0.3 is 5.97 Å². The number of rotatable bonds is 6. The van der Waals surface area contributed by atoms with Crippen molar-refractivity contribution in [1.29, 1.82) is 0 Å². The van der Waals surface area contributed by atoms with Crippen LogP contribution in [0.1, 0.15) is 29.1 Å². The SMILES string of the molecule is C[C@@H](NC(=O)COC(=O)c1ccccc1S(C)(=O)=O)c1cc2ccccc2o1. The van der Waals surface area contributed by atoms with E-state index in [2.05, 4.69) is 5.32 Å². The van der Waals surface area contributed by atoms with Crippen LogP contribution in [-0.2, 0) is 19.4 Å². The maximum absolute atomic E-state index is 12.2. The van der Waals surface area contributed by atoms with Crippen LogP contribution >= 0.6 is 0 Å². The van der Waals surface area contributed by atoms with Gasteiger partial charge in [0.1, 0.15) is 11.3 Å². The minimum absolute atomic E-state index is 0.108. The van der Waals surface area contributed by atoms with Gasteiger partial charge in [0.15, 0.2) is 16.4 Å². The summed E-state index contributed by atoms with van der Waals surface area (Å²) < 4.78 is 34.2. The van der Waals surface area contributed by atoms with E-state index in [0.29, 0.717) is 11.3 Å². The van der Waals surface area contributed by atoms with Crippen molar-refractivity contribution >= 4 is 32.7 Å². The van der Waals surface area contributed by atoms with Gasteiger partial charge in [0.05, 0.1) is 16.5 Å². The first-order valence-corrected chi connectivity index (χ1v) is 10.4. The van der Waals surface area contributed by atoms with Crippen molar-refractivity contribution in [1.82, 2.24) is 5.32 Å². The molecule has 2 aromatic carbocycles. The van der Waals surface area contributed by atoms with E-state index in [4.69, 9.17) is 9.15 Å². The highest BCUT2D eigenvalue weighted by Gasteiger charge is 2.21. The molecule has 0 fully saturated rings. The highest BCUT2D eigenvalue weighted by molar-refractivity contribution is 7.90. The predicted octanol–water partition coefficient (Wildman–Crippen LogP) is 2.87. The Bertz CT molecular complexity index is 1100. The van der Waals surface area contributed by atoms with Crippen LogP contribution in [0.15, 0.2) is 63.9 Å². The molecule has 1 aromatic heterocycles. The van der Waals surface area contributed by atoms with Crippen molar-refractivity contribution in [3.8, 4) is 0 Å². The lowest BCUT2D eigenvalue weighted by Gasteiger charge is -2.12. The Morgan fingerprint density at radius 3 is 2.50 bits per heavy atom. The lowest BCUT2D eigenvalue weighted by Crippen LogP contribution is -2.31. The molecule has 7 nitrogen and oxygen atoms in total. The molecule has 0 saturated carbocycles. The summed E-state index contributed by atoms with van der Waals surface area (Å²) in [7, 11) is -3.60. The number of carbonyl (C=O) groups is 2. The van der Waals surface area contributed by atoms with Crippen LogP contribution in [0.4, 0.5) is 0 Å². The van der Waals surface area contributed by atoms with Crippen LogP contribution in [0.2, 0.25) is 0 Å². The molecular weight excluding hydrogens is 382 g/mol. The van der Waals surface area contributed by atoms with E-state index in [-0.39, 0.29) is 10.5 Å². The molecule has 1 atom stereocenters. The largest absolute Gasteiger partial charge is 0.459 e. The molecule has 3 rings (SSSR count). The fraction of sp³-hybridized carbons (Fsp3) is 0.200. The van der Waals surface area contributed by atoms with Crippen LogP contribution in [0, 0.1) is 0 Å². The molecule has 1 amide bonds. The standard InChI is InChI=1S/C20H19NO6S/c1-13(17-11-14-7-3-5-9-16(14)27-17)21-19(22)12-26-20(23)15-8-4-6-10-18(15)28(2,24)25/h3-11,13H,12H2,1-2H3,(H,21,22)/t13-/m1/s1. The van der Waals surface area contributed by atoms with Gasteiger partial charge in [0, 0.05) is 11.6 Å². The number of amides is 1. The second-order valence-electron chi connectivity index (χ2n) is 6.32. The van der Waals surface area contributed by atoms with Gasteiger partial charge in [-0.15, -0.1) is 0 Å². The number of esters is 1. The van der Waals surface area contributed by atoms with Gasteiger partial charge < -0.3 is 14.5 Å². The number of furan rings is 1. The topological polar surface area (TPSA) is 103 Å². The number of sulfone groups is 1. The summed E-state index contributed by atoms with van der Waals surface area (Å²) >= 11 is 0. The van der Waals surface area contributed by atoms with E-state index in [1.807, 2.05) is 30.3 Å². The summed E-state index contributed by atoms with van der Waals surface area (Å²) in [5.41, 5.74) is 0.602. The molecule has 28 heavy (non-hydrogen) atoms. The van der Waals surface area contributed by atoms with Crippen molar-refractivity contribution in [3.63, 3.8) is 0 Å². The highest BCUT2D eigenvalue weighted by Crippen LogP contribution is 2.23. The zero-order valence-electron chi connectivity index (χ0n) is 15.3. The lowest BCUT2D eigenvalue weighted by atomic mass is 10.2. The third-order valence-electron chi connectivity index (χ3n) is 4.09. The number of para-hydroxylation sites is 1. The van der Waals surface area contributed by atoms with E-state index in [9.17, 15) is 18.0 Å². The molecule has 0 aliphatic rings. The average molecular weight is 401 g/mol. The fourth-order valence-electron chi connectivity index (χ4n) is 2.74. The van der Waals surface area contributed by atoms with Crippen molar-refractivity contribution in [2.75, 3.05) is 12.9 Å². The third kappa shape index (κ3) is 4.40. The molecule has 0 radical (unpaired) electrons. The lowest BCUT2D eigenvalue weighted by molar-refractivity contribution is -0.125. The Kier molecular flexibility index (Phi) is 5.51. The van der Waals surface area contributed by atoms with Crippen molar-refractivity contribution < 1.29 is 27.2 Å². The predicted molar refractivity (Wildman–Crippen MR) is 103 cm³/mol. The minimum Gasteiger partial charge on any atom is -0.459 e. The van der Waals surface area contributed by atoms with E-state index in [1.165, 1.54) is 24.3 Å². The van der Waals surface area contributed by atoms with Crippen molar-refractivity contribution in [2.24, 2.45) is 0 Å². The normalized spacial score (nSPS) is 12.5. The summed E-state index contributed by atoms with van der Waals surface area (Å²) in [5.74, 6) is -0.839. The van der Waals surface area contributed by atoms with Gasteiger partial charge in [0.2, 0.25) is 0 Å². The first-order valence-electron chi connectivity index (χ1n) is 8.50. The Hall–Kier alpha value is -3.13. The Morgan fingerprint density at radius 2 is 1.79 bits per heavy atom. The summed E-state index contributed by atoms with van der Waals surface area (Å²) in [5, 5.41) is 3.60. The number of hydrogen-bond donors (Lipinski definition) is 1. The molecule has 0 spiro atoms. The first kappa shape index (κ1) is 19.6. The first-order chi connectivity index (χ1) is 13.3. The van der Waals surface area contributed by atoms with Crippen molar-refractivity contribution in [3.05, 3.63) is 65.9 Å². The Morgan fingerprint density at radius 1 is 1.11 bits per heavy atom. The number of ether oxygens (including phenoxy) is 1. The molecule has 0 unspecified atom stereocenters. The molecule has 0 aliphatic heterocycles. The van der Waals surface area contributed by atoms with E-state index in [1.54, 1.807) is 6.92 Å². The van der Waals surface area contributed by atoms with Crippen LogP contribution in [0.3, 0.4) is 0 Å². The molecule has 0 bridgehead atoms. The number of carbonyl (C=O) groups excluding carboxylic acids is 2. The van der Waals surface area contributed by atoms with E-state index in [0.717, 1.165) is 11.6 Å². The third-order valence-corrected chi connectivity index (χ3v) is 5.24. The molecule has 0 aliphatic carbocycles. The maximum atomic E-state index is 12.2. The van der Waals surface area contributed by atoms with E-state index >= 15 is 0 Å². The zero-order valence-corrected chi connectivity index (χ0v) is 16.2. The van der Waals surface area contributed by atoms with Crippen LogP contribution in [0.25, 0.3) is 11.0 Å². The van der Waals surface area contributed by atoms with E-state index < -0.39 is 34.4 Å². The van der Waals surface area contributed by atoms with Gasteiger partial charge in [-0.05, 0) is 31.2 Å². The Balaban J connectivity index is 1.62. The monoisotopic (exact) mass is 401 g/mol. The zero-order chi connectivity index (χ0) is 20.3. The second kappa shape index (κ2) is 7.85.